The lowest BCUT2D eigenvalue weighted by atomic mass is 9.74. The van der Waals surface area contributed by atoms with Gasteiger partial charge in [0.25, 0.3) is 0 Å². The molecule has 3 unspecified atom stereocenters. The molecule has 20 heavy (non-hydrogen) atoms. The second kappa shape index (κ2) is 5.79. The van der Waals surface area contributed by atoms with Crippen LogP contribution in [0.25, 0.3) is 0 Å². The average molecular weight is 299 g/mol. The van der Waals surface area contributed by atoms with E-state index in [-0.39, 0.29) is 17.2 Å². The molecule has 0 amide bonds. The summed E-state index contributed by atoms with van der Waals surface area (Å²) in [6, 6.07) is 0. The number of aliphatic hydroxyl groups is 1. The molecule has 116 valence electrons. The summed E-state index contributed by atoms with van der Waals surface area (Å²) in [5.74, 6) is 2.77. The van der Waals surface area contributed by atoms with Crippen molar-refractivity contribution in [2.75, 3.05) is 32.2 Å². The molecule has 1 aliphatic carbocycles. The minimum atomic E-state index is -0.189. The molecule has 3 aliphatic rings. The van der Waals surface area contributed by atoms with Crippen LogP contribution in [-0.2, 0) is 4.74 Å². The zero-order chi connectivity index (χ0) is 14.2. The highest BCUT2D eigenvalue weighted by atomic mass is 32.2. The summed E-state index contributed by atoms with van der Waals surface area (Å²) in [6.07, 6.45) is 7.92. The van der Waals surface area contributed by atoms with Crippen LogP contribution in [0, 0.1) is 5.92 Å². The van der Waals surface area contributed by atoms with Crippen molar-refractivity contribution in [3.63, 3.8) is 0 Å². The van der Waals surface area contributed by atoms with Gasteiger partial charge in [0, 0.05) is 17.9 Å². The Bertz CT molecular complexity index is 335. The minimum Gasteiger partial charge on any atom is -0.391 e. The van der Waals surface area contributed by atoms with E-state index >= 15 is 0 Å². The summed E-state index contributed by atoms with van der Waals surface area (Å²) in [4.78, 5) is 2.30. The maximum Gasteiger partial charge on any atom is 0.0783 e. The molecule has 0 aromatic rings. The lowest BCUT2D eigenvalue weighted by Crippen LogP contribution is -2.57. The first kappa shape index (κ1) is 15.1. The van der Waals surface area contributed by atoms with Gasteiger partial charge in [0.05, 0.1) is 11.7 Å². The summed E-state index contributed by atoms with van der Waals surface area (Å²) in [6.45, 7) is 0.839. The van der Waals surface area contributed by atoms with Gasteiger partial charge in [-0.15, -0.1) is 0 Å². The fraction of sp³-hybridized carbons (Fsp3) is 1.00. The molecule has 3 rings (SSSR count). The van der Waals surface area contributed by atoms with Gasteiger partial charge in [-0.3, -0.25) is 0 Å². The van der Waals surface area contributed by atoms with Crippen molar-refractivity contribution in [3.05, 3.63) is 0 Å². The third kappa shape index (κ3) is 2.53. The molecule has 0 bridgehead atoms. The Hall–Kier alpha value is 0.230. The molecule has 0 radical (unpaired) electrons. The molecule has 4 heteroatoms. The van der Waals surface area contributed by atoms with Gasteiger partial charge < -0.3 is 14.7 Å². The molecule has 0 aromatic heterocycles. The smallest absolute Gasteiger partial charge is 0.0783 e. The first-order valence-electron chi connectivity index (χ1n) is 8.15. The SMILES string of the molecule is CN(C)C1(C(O)C2CCOC3(CCSC3)C2)CCCC1. The van der Waals surface area contributed by atoms with Crippen molar-refractivity contribution in [1.29, 1.82) is 0 Å². The van der Waals surface area contributed by atoms with E-state index in [0.29, 0.717) is 5.92 Å². The van der Waals surface area contributed by atoms with Gasteiger partial charge in [0.15, 0.2) is 0 Å². The Morgan fingerprint density at radius 2 is 2.00 bits per heavy atom. The summed E-state index contributed by atoms with van der Waals surface area (Å²) < 4.78 is 6.12. The van der Waals surface area contributed by atoms with Crippen molar-refractivity contribution >= 4 is 11.8 Å². The van der Waals surface area contributed by atoms with Crippen molar-refractivity contribution in [2.45, 2.75) is 62.2 Å². The third-order valence-corrected chi connectivity index (χ3v) is 7.18. The lowest BCUT2D eigenvalue weighted by Gasteiger charge is -2.47. The highest BCUT2D eigenvalue weighted by molar-refractivity contribution is 7.99. The molecule has 2 heterocycles. The maximum atomic E-state index is 11.1. The summed E-state index contributed by atoms with van der Waals surface area (Å²) >= 11 is 2.01. The van der Waals surface area contributed by atoms with Crippen LogP contribution >= 0.6 is 11.8 Å². The molecule has 3 fully saturated rings. The Morgan fingerprint density at radius 3 is 2.60 bits per heavy atom. The zero-order valence-corrected chi connectivity index (χ0v) is 13.8. The maximum absolute atomic E-state index is 11.1. The first-order chi connectivity index (χ1) is 9.58. The zero-order valence-electron chi connectivity index (χ0n) is 12.9. The van der Waals surface area contributed by atoms with Crippen molar-refractivity contribution in [2.24, 2.45) is 5.92 Å². The standard InChI is InChI=1S/C16H29NO2S/c1-17(2)16(6-3-4-7-16)14(18)13-5-9-19-15(11-13)8-10-20-12-15/h13-14,18H,3-12H2,1-2H3. The highest BCUT2D eigenvalue weighted by Crippen LogP contribution is 2.46. The molecule has 0 aromatic carbocycles. The molecule has 2 saturated heterocycles. The number of likely N-dealkylation sites (N-methyl/N-ethyl adjacent to an activating group) is 1. The van der Waals surface area contributed by atoms with Gasteiger partial charge in [0.2, 0.25) is 0 Å². The van der Waals surface area contributed by atoms with Crippen molar-refractivity contribution in [3.8, 4) is 0 Å². The largest absolute Gasteiger partial charge is 0.391 e. The average Bonchev–Trinajstić information content (AvgIpc) is 3.08. The van der Waals surface area contributed by atoms with Gasteiger partial charge in [0.1, 0.15) is 0 Å². The second-order valence-corrected chi connectivity index (χ2v) is 8.34. The van der Waals surface area contributed by atoms with Gasteiger partial charge in [-0.1, -0.05) is 12.8 Å². The number of hydrogen-bond acceptors (Lipinski definition) is 4. The van der Waals surface area contributed by atoms with Crippen LogP contribution < -0.4 is 0 Å². The van der Waals surface area contributed by atoms with E-state index in [4.69, 9.17) is 4.74 Å². The fourth-order valence-corrected chi connectivity index (χ4v) is 6.01. The number of rotatable bonds is 3. The van der Waals surface area contributed by atoms with E-state index in [0.717, 1.165) is 38.0 Å². The van der Waals surface area contributed by atoms with Crippen LogP contribution in [-0.4, -0.2) is 59.5 Å². The van der Waals surface area contributed by atoms with Crippen LogP contribution in [0.15, 0.2) is 0 Å². The quantitative estimate of drug-likeness (QED) is 0.868. The van der Waals surface area contributed by atoms with Crippen LogP contribution in [0.5, 0.6) is 0 Å². The Kier molecular flexibility index (Phi) is 4.38. The lowest BCUT2D eigenvalue weighted by molar-refractivity contribution is -0.126. The van der Waals surface area contributed by atoms with Crippen LogP contribution in [0.3, 0.4) is 0 Å². The molecule has 3 atom stereocenters. The Balaban J connectivity index is 1.74. The Labute approximate surface area is 127 Å². The van der Waals surface area contributed by atoms with Crippen molar-refractivity contribution < 1.29 is 9.84 Å². The monoisotopic (exact) mass is 299 g/mol. The van der Waals surface area contributed by atoms with E-state index < -0.39 is 0 Å². The number of thioether (sulfide) groups is 1. The van der Waals surface area contributed by atoms with Gasteiger partial charge in [-0.25, -0.2) is 0 Å². The molecule has 1 saturated carbocycles. The fourth-order valence-electron chi connectivity index (χ4n) is 4.63. The molecular weight excluding hydrogens is 270 g/mol. The van der Waals surface area contributed by atoms with E-state index in [1.807, 2.05) is 11.8 Å². The number of aliphatic hydroxyl groups excluding tert-OH is 1. The third-order valence-electron chi connectivity index (χ3n) is 5.96. The second-order valence-electron chi connectivity index (χ2n) is 7.24. The minimum absolute atomic E-state index is 0.0228. The van der Waals surface area contributed by atoms with Crippen LogP contribution in [0.2, 0.25) is 0 Å². The van der Waals surface area contributed by atoms with Gasteiger partial charge >= 0.3 is 0 Å². The highest BCUT2D eigenvalue weighted by Gasteiger charge is 2.49. The topological polar surface area (TPSA) is 32.7 Å². The number of hydrogen-bond donors (Lipinski definition) is 1. The van der Waals surface area contributed by atoms with E-state index in [1.165, 1.54) is 25.0 Å². The molecule has 1 N–H and O–H groups in total. The predicted octanol–water partition coefficient (Wildman–Crippen LogP) is 2.52. The molecule has 2 aliphatic heterocycles. The van der Waals surface area contributed by atoms with Gasteiger partial charge in [-0.05, 0) is 57.9 Å². The van der Waals surface area contributed by atoms with E-state index in [1.54, 1.807) is 0 Å². The normalized spacial score (nSPS) is 38.7. The summed E-state index contributed by atoms with van der Waals surface area (Å²) in [5, 5.41) is 11.1. The van der Waals surface area contributed by atoms with E-state index in [2.05, 4.69) is 19.0 Å². The first-order valence-corrected chi connectivity index (χ1v) is 9.31. The predicted molar refractivity (Wildman–Crippen MR) is 84.2 cm³/mol. The molecule has 1 spiro atoms. The molecular formula is C16H29NO2S. The number of ether oxygens (including phenoxy) is 1. The van der Waals surface area contributed by atoms with Crippen LogP contribution in [0.1, 0.15) is 44.9 Å². The van der Waals surface area contributed by atoms with E-state index in [9.17, 15) is 5.11 Å². The van der Waals surface area contributed by atoms with Crippen LogP contribution in [0.4, 0.5) is 0 Å². The van der Waals surface area contributed by atoms with Gasteiger partial charge in [-0.2, -0.15) is 11.8 Å². The molecule has 3 nitrogen and oxygen atoms in total. The Morgan fingerprint density at radius 1 is 1.25 bits per heavy atom. The van der Waals surface area contributed by atoms with Crippen molar-refractivity contribution in [1.82, 2.24) is 4.90 Å². The summed E-state index contributed by atoms with van der Waals surface area (Å²) in [7, 11) is 4.30. The number of nitrogens with zero attached hydrogens (tertiary/aromatic N) is 1. The summed E-state index contributed by atoms with van der Waals surface area (Å²) in [5.41, 5.74) is 0.107.